The molecule has 4 rings (SSSR count). The Morgan fingerprint density at radius 2 is 1.90 bits per heavy atom. The summed E-state index contributed by atoms with van der Waals surface area (Å²) in [5.41, 5.74) is 1.50. The number of aromatic nitrogens is 1. The van der Waals surface area contributed by atoms with Crippen LogP contribution < -0.4 is 10.1 Å². The zero-order valence-electron chi connectivity index (χ0n) is 17.1. The highest BCUT2D eigenvalue weighted by molar-refractivity contribution is 9.10. The molecule has 0 bridgehead atoms. The van der Waals surface area contributed by atoms with E-state index in [0.29, 0.717) is 59.2 Å². The number of nitrogens with zero attached hydrogens (tertiary/aromatic N) is 1. The van der Waals surface area contributed by atoms with E-state index in [0.717, 1.165) is 5.75 Å². The summed E-state index contributed by atoms with van der Waals surface area (Å²) in [6.07, 6.45) is 1.32. The second-order valence-corrected chi connectivity index (χ2v) is 8.44. The van der Waals surface area contributed by atoms with Crippen LogP contribution in [0.15, 0.2) is 46.9 Å². The predicted molar refractivity (Wildman–Crippen MR) is 120 cm³/mol. The van der Waals surface area contributed by atoms with E-state index in [2.05, 4.69) is 26.2 Å². The van der Waals surface area contributed by atoms with E-state index >= 15 is 0 Å². The number of halogens is 2. The molecule has 2 amide bonds. The maximum absolute atomic E-state index is 14.1. The summed E-state index contributed by atoms with van der Waals surface area (Å²) in [5, 5.41) is 3.37. The lowest BCUT2D eigenvalue weighted by atomic mass is 10.0. The fourth-order valence-electron chi connectivity index (χ4n) is 3.82. The average molecular weight is 488 g/mol. The van der Waals surface area contributed by atoms with Gasteiger partial charge in [-0.05, 0) is 62.2 Å². The molecule has 0 aliphatic carbocycles. The first-order valence-corrected chi connectivity index (χ1v) is 11.0. The van der Waals surface area contributed by atoms with E-state index in [9.17, 15) is 14.0 Å². The van der Waals surface area contributed by atoms with Gasteiger partial charge in [-0.15, -0.1) is 0 Å². The van der Waals surface area contributed by atoms with E-state index in [1.807, 2.05) is 6.92 Å². The average Bonchev–Trinajstić information content (AvgIpc) is 3.19. The van der Waals surface area contributed by atoms with E-state index < -0.39 is 0 Å². The van der Waals surface area contributed by atoms with Gasteiger partial charge in [0, 0.05) is 34.6 Å². The Kier molecular flexibility index (Phi) is 6.27. The van der Waals surface area contributed by atoms with Gasteiger partial charge in [-0.3, -0.25) is 9.59 Å². The van der Waals surface area contributed by atoms with E-state index in [4.69, 9.17) is 4.74 Å². The molecule has 1 fully saturated rings. The van der Waals surface area contributed by atoms with Crippen LogP contribution in [0.4, 0.5) is 4.39 Å². The Labute approximate surface area is 187 Å². The number of hydrogen-bond donors (Lipinski definition) is 2. The molecule has 2 aromatic carbocycles. The molecule has 2 N–H and O–H groups in total. The standard InChI is InChI=1S/C23H23BrFN3O3/c1-2-31-17-5-3-14(4-6-17)23(30)28-9-7-16(8-10-28)26-22(29)21-13-18-19(25)11-15(24)12-20(18)27-21/h3-6,11-13,16,27H,2,7-10H2,1H3,(H,26,29). The second kappa shape index (κ2) is 9.09. The van der Waals surface area contributed by atoms with Gasteiger partial charge < -0.3 is 19.9 Å². The molecule has 3 aromatic rings. The molecule has 1 aliphatic rings. The van der Waals surface area contributed by atoms with Crippen LogP contribution in [0.25, 0.3) is 10.9 Å². The van der Waals surface area contributed by atoms with Gasteiger partial charge in [0.05, 0.1) is 12.1 Å². The minimum Gasteiger partial charge on any atom is -0.494 e. The normalized spacial score (nSPS) is 14.6. The summed E-state index contributed by atoms with van der Waals surface area (Å²) in [6, 6.07) is 11.7. The first-order chi connectivity index (χ1) is 14.9. The number of amides is 2. The number of carbonyl (C=O) groups excluding carboxylic acids is 2. The summed E-state index contributed by atoms with van der Waals surface area (Å²) in [5.74, 6) is 0.0537. The number of ether oxygens (including phenoxy) is 1. The lowest BCUT2D eigenvalue weighted by molar-refractivity contribution is 0.0697. The molecule has 1 aromatic heterocycles. The first kappa shape index (κ1) is 21.4. The Morgan fingerprint density at radius 3 is 2.58 bits per heavy atom. The molecule has 0 unspecified atom stereocenters. The molecule has 0 saturated carbocycles. The van der Waals surface area contributed by atoms with Gasteiger partial charge in [0.25, 0.3) is 11.8 Å². The molecular weight excluding hydrogens is 465 g/mol. The molecule has 31 heavy (non-hydrogen) atoms. The van der Waals surface area contributed by atoms with Crippen molar-refractivity contribution >= 4 is 38.6 Å². The van der Waals surface area contributed by atoms with Gasteiger partial charge in [-0.25, -0.2) is 4.39 Å². The summed E-state index contributed by atoms with van der Waals surface area (Å²) < 4.78 is 20.1. The van der Waals surface area contributed by atoms with Gasteiger partial charge in [0.2, 0.25) is 0 Å². The van der Waals surface area contributed by atoms with Crippen LogP contribution in [-0.4, -0.2) is 47.4 Å². The maximum Gasteiger partial charge on any atom is 0.267 e. The highest BCUT2D eigenvalue weighted by Crippen LogP contribution is 2.24. The van der Waals surface area contributed by atoms with Crippen molar-refractivity contribution in [3.8, 4) is 5.75 Å². The third kappa shape index (κ3) is 4.74. The minimum atomic E-state index is -0.388. The van der Waals surface area contributed by atoms with Crippen molar-refractivity contribution in [3.05, 3.63) is 64.0 Å². The van der Waals surface area contributed by atoms with Crippen LogP contribution in [-0.2, 0) is 0 Å². The van der Waals surface area contributed by atoms with Crippen LogP contribution >= 0.6 is 15.9 Å². The molecule has 6 nitrogen and oxygen atoms in total. The summed E-state index contributed by atoms with van der Waals surface area (Å²) in [7, 11) is 0. The number of H-pyrrole nitrogens is 1. The Bertz CT molecular complexity index is 1110. The zero-order valence-corrected chi connectivity index (χ0v) is 18.7. The van der Waals surface area contributed by atoms with Crippen molar-refractivity contribution < 1.29 is 18.7 Å². The van der Waals surface area contributed by atoms with Gasteiger partial charge in [0.15, 0.2) is 0 Å². The Hall–Kier alpha value is -2.87. The fraction of sp³-hybridized carbons (Fsp3) is 0.304. The van der Waals surface area contributed by atoms with Crippen molar-refractivity contribution in [3.63, 3.8) is 0 Å². The van der Waals surface area contributed by atoms with Crippen LogP contribution in [0.5, 0.6) is 5.75 Å². The third-order valence-electron chi connectivity index (χ3n) is 5.43. The minimum absolute atomic E-state index is 0.0236. The van der Waals surface area contributed by atoms with Gasteiger partial charge >= 0.3 is 0 Å². The van der Waals surface area contributed by atoms with Gasteiger partial charge in [-0.1, -0.05) is 15.9 Å². The van der Waals surface area contributed by atoms with E-state index in [1.165, 1.54) is 12.1 Å². The number of likely N-dealkylation sites (tertiary alicyclic amines) is 1. The number of aromatic amines is 1. The number of rotatable bonds is 5. The smallest absolute Gasteiger partial charge is 0.267 e. The van der Waals surface area contributed by atoms with Crippen LogP contribution in [0.3, 0.4) is 0 Å². The lowest BCUT2D eigenvalue weighted by Crippen LogP contribution is -2.46. The van der Waals surface area contributed by atoms with Gasteiger partial charge in [-0.2, -0.15) is 0 Å². The maximum atomic E-state index is 14.1. The SMILES string of the molecule is CCOc1ccc(C(=O)N2CCC(NC(=O)c3cc4c(F)cc(Br)cc4[nH]3)CC2)cc1. The molecule has 8 heteroatoms. The molecule has 1 saturated heterocycles. The molecule has 0 atom stereocenters. The number of fused-ring (bicyclic) bond motifs is 1. The molecule has 162 valence electrons. The Morgan fingerprint density at radius 1 is 1.19 bits per heavy atom. The number of carbonyl (C=O) groups is 2. The van der Waals surface area contributed by atoms with Crippen molar-refractivity contribution in [2.75, 3.05) is 19.7 Å². The fourth-order valence-corrected chi connectivity index (χ4v) is 4.25. The highest BCUT2D eigenvalue weighted by atomic mass is 79.9. The van der Waals surface area contributed by atoms with Gasteiger partial charge in [0.1, 0.15) is 17.3 Å². The molecule has 2 heterocycles. The van der Waals surface area contributed by atoms with Crippen molar-refractivity contribution in [2.45, 2.75) is 25.8 Å². The largest absolute Gasteiger partial charge is 0.494 e. The number of hydrogen-bond acceptors (Lipinski definition) is 3. The Balaban J connectivity index is 1.34. The molecule has 1 aliphatic heterocycles. The molecular formula is C23H23BrFN3O3. The molecule has 0 radical (unpaired) electrons. The second-order valence-electron chi connectivity index (χ2n) is 7.53. The topological polar surface area (TPSA) is 74.4 Å². The van der Waals surface area contributed by atoms with Crippen molar-refractivity contribution in [1.29, 1.82) is 0 Å². The number of piperidine rings is 1. The van der Waals surface area contributed by atoms with E-state index in [-0.39, 0.29) is 23.7 Å². The highest BCUT2D eigenvalue weighted by Gasteiger charge is 2.25. The third-order valence-corrected chi connectivity index (χ3v) is 5.88. The van der Waals surface area contributed by atoms with Crippen LogP contribution in [0.1, 0.15) is 40.6 Å². The quantitative estimate of drug-likeness (QED) is 0.556. The summed E-state index contributed by atoms with van der Waals surface area (Å²) in [6.45, 7) is 3.62. The summed E-state index contributed by atoms with van der Waals surface area (Å²) in [4.78, 5) is 30.1. The number of benzene rings is 2. The molecule has 0 spiro atoms. The number of nitrogens with one attached hydrogen (secondary N) is 2. The summed E-state index contributed by atoms with van der Waals surface area (Å²) >= 11 is 3.25. The first-order valence-electron chi connectivity index (χ1n) is 10.3. The van der Waals surface area contributed by atoms with Crippen LogP contribution in [0.2, 0.25) is 0 Å². The van der Waals surface area contributed by atoms with Crippen molar-refractivity contribution in [1.82, 2.24) is 15.2 Å². The van der Waals surface area contributed by atoms with Crippen LogP contribution in [0, 0.1) is 5.82 Å². The predicted octanol–water partition coefficient (Wildman–Crippen LogP) is 4.50. The van der Waals surface area contributed by atoms with Crippen molar-refractivity contribution in [2.24, 2.45) is 0 Å². The zero-order chi connectivity index (χ0) is 22.0. The monoisotopic (exact) mass is 487 g/mol. The lowest BCUT2D eigenvalue weighted by Gasteiger charge is -2.32. The van der Waals surface area contributed by atoms with E-state index in [1.54, 1.807) is 35.2 Å².